The number of aliphatic imine (C=N–C) groups is 1. The van der Waals surface area contributed by atoms with Gasteiger partial charge in [0.15, 0.2) is 5.96 Å². The Morgan fingerprint density at radius 3 is 2.88 bits per heavy atom. The Kier molecular flexibility index (Phi) is 8.32. The fourth-order valence-electron chi connectivity index (χ4n) is 3.11. The van der Waals surface area contributed by atoms with Gasteiger partial charge in [-0.25, -0.2) is 9.38 Å². The summed E-state index contributed by atoms with van der Waals surface area (Å²) in [4.78, 5) is 7.07. The Hall–Kier alpha value is -1.66. The molecule has 0 aliphatic carbocycles. The van der Waals surface area contributed by atoms with Crippen molar-refractivity contribution >= 4 is 5.96 Å². The number of aryl methyl sites for hydroxylation is 1. The predicted octanol–water partition coefficient (Wildman–Crippen LogP) is 2.55. The average Bonchev–Trinajstić information content (AvgIpc) is 2.60. The molecule has 2 rings (SSSR count). The van der Waals surface area contributed by atoms with Crippen molar-refractivity contribution in [1.82, 2.24) is 15.5 Å². The van der Waals surface area contributed by atoms with E-state index in [-0.39, 0.29) is 11.9 Å². The summed E-state index contributed by atoms with van der Waals surface area (Å²) in [6.45, 7) is 14.2. The first kappa shape index (κ1) is 20.6. The van der Waals surface area contributed by atoms with Gasteiger partial charge in [0.1, 0.15) is 5.82 Å². The van der Waals surface area contributed by atoms with E-state index in [1.54, 1.807) is 13.0 Å². The Labute approximate surface area is 157 Å². The van der Waals surface area contributed by atoms with Crippen molar-refractivity contribution in [2.45, 2.75) is 40.3 Å². The topological polar surface area (TPSA) is 48.9 Å². The van der Waals surface area contributed by atoms with Crippen LogP contribution in [0.15, 0.2) is 23.2 Å². The summed E-state index contributed by atoms with van der Waals surface area (Å²) in [6, 6.07) is 5.12. The molecule has 0 radical (unpaired) electrons. The van der Waals surface area contributed by atoms with Crippen LogP contribution in [-0.2, 0) is 11.3 Å². The number of morpholine rings is 1. The summed E-state index contributed by atoms with van der Waals surface area (Å²) >= 11 is 0. The molecule has 5 nitrogen and oxygen atoms in total. The highest BCUT2D eigenvalue weighted by Crippen LogP contribution is 2.10. The van der Waals surface area contributed by atoms with E-state index in [0.29, 0.717) is 18.0 Å². The van der Waals surface area contributed by atoms with Crippen LogP contribution in [0.2, 0.25) is 0 Å². The molecule has 1 fully saturated rings. The van der Waals surface area contributed by atoms with Crippen molar-refractivity contribution < 1.29 is 9.13 Å². The van der Waals surface area contributed by atoms with Crippen LogP contribution in [0.25, 0.3) is 0 Å². The molecule has 1 aromatic rings. The van der Waals surface area contributed by atoms with Crippen molar-refractivity contribution in [2.24, 2.45) is 10.9 Å². The van der Waals surface area contributed by atoms with Crippen LogP contribution in [0.1, 0.15) is 31.9 Å². The maximum atomic E-state index is 13.4. The monoisotopic (exact) mass is 364 g/mol. The highest BCUT2D eigenvalue weighted by atomic mass is 19.1. The SMILES string of the molecule is CCNC(=NCc1ccc(F)c(C)c1)NCC1CN(CC(C)C)CCO1. The standard InChI is InChI=1S/C20H33FN4O/c1-5-22-20(23-11-17-6-7-19(21)16(4)10-17)24-12-18-14-25(8-9-26-18)13-15(2)3/h6-7,10,15,18H,5,8-9,11-14H2,1-4H3,(H2,22,23,24). The van der Waals surface area contributed by atoms with E-state index in [1.165, 1.54) is 6.07 Å². The highest BCUT2D eigenvalue weighted by Gasteiger charge is 2.21. The Morgan fingerprint density at radius 1 is 1.38 bits per heavy atom. The Bertz CT molecular complexity index is 591. The van der Waals surface area contributed by atoms with Gasteiger partial charge in [-0.05, 0) is 37.0 Å². The molecule has 1 heterocycles. The second kappa shape index (κ2) is 10.5. The second-order valence-electron chi connectivity index (χ2n) is 7.31. The van der Waals surface area contributed by atoms with Gasteiger partial charge in [0.2, 0.25) is 0 Å². The van der Waals surface area contributed by atoms with E-state index in [2.05, 4.69) is 34.4 Å². The first-order chi connectivity index (χ1) is 12.5. The first-order valence-electron chi connectivity index (χ1n) is 9.59. The lowest BCUT2D eigenvalue weighted by molar-refractivity contribution is -0.0284. The Balaban J connectivity index is 1.87. The third-order valence-corrected chi connectivity index (χ3v) is 4.33. The molecule has 0 spiro atoms. The molecule has 1 aliphatic heterocycles. The van der Waals surface area contributed by atoms with Gasteiger partial charge in [0, 0.05) is 32.7 Å². The minimum Gasteiger partial charge on any atom is -0.374 e. The van der Waals surface area contributed by atoms with E-state index < -0.39 is 0 Å². The molecule has 0 saturated carbocycles. The van der Waals surface area contributed by atoms with Crippen molar-refractivity contribution in [3.63, 3.8) is 0 Å². The summed E-state index contributed by atoms with van der Waals surface area (Å²) in [6.07, 6.45) is 0.166. The molecular weight excluding hydrogens is 331 g/mol. The number of hydrogen-bond donors (Lipinski definition) is 2. The van der Waals surface area contributed by atoms with Crippen LogP contribution >= 0.6 is 0 Å². The number of benzene rings is 1. The highest BCUT2D eigenvalue weighted by molar-refractivity contribution is 5.79. The fourth-order valence-corrected chi connectivity index (χ4v) is 3.11. The van der Waals surface area contributed by atoms with E-state index in [9.17, 15) is 4.39 Å². The van der Waals surface area contributed by atoms with Crippen LogP contribution in [0.5, 0.6) is 0 Å². The lowest BCUT2D eigenvalue weighted by atomic mass is 10.1. The molecule has 0 aromatic heterocycles. The predicted molar refractivity (Wildman–Crippen MR) is 105 cm³/mol. The van der Waals surface area contributed by atoms with Crippen LogP contribution in [0.3, 0.4) is 0 Å². The van der Waals surface area contributed by atoms with Crippen molar-refractivity contribution in [2.75, 3.05) is 39.3 Å². The normalized spacial score (nSPS) is 19.0. The van der Waals surface area contributed by atoms with Gasteiger partial charge >= 0.3 is 0 Å². The van der Waals surface area contributed by atoms with Gasteiger partial charge in [0.05, 0.1) is 19.3 Å². The molecule has 1 atom stereocenters. The van der Waals surface area contributed by atoms with Crippen LogP contribution in [-0.4, -0.2) is 56.3 Å². The van der Waals surface area contributed by atoms with Gasteiger partial charge < -0.3 is 15.4 Å². The molecule has 0 bridgehead atoms. The zero-order valence-electron chi connectivity index (χ0n) is 16.5. The molecular formula is C20H33FN4O. The van der Waals surface area contributed by atoms with Gasteiger partial charge in [-0.3, -0.25) is 4.90 Å². The average molecular weight is 365 g/mol. The molecule has 2 N–H and O–H groups in total. The first-order valence-corrected chi connectivity index (χ1v) is 9.59. The van der Waals surface area contributed by atoms with Crippen LogP contribution in [0.4, 0.5) is 4.39 Å². The minimum atomic E-state index is -0.178. The summed E-state index contributed by atoms with van der Waals surface area (Å²) in [5.74, 6) is 1.25. The molecule has 1 aromatic carbocycles. The summed E-state index contributed by atoms with van der Waals surface area (Å²) in [5.41, 5.74) is 1.65. The van der Waals surface area contributed by atoms with E-state index >= 15 is 0 Å². The number of hydrogen-bond acceptors (Lipinski definition) is 3. The number of rotatable bonds is 7. The number of nitrogens with zero attached hydrogens (tertiary/aromatic N) is 2. The molecule has 6 heteroatoms. The van der Waals surface area contributed by atoms with Crippen LogP contribution < -0.4 is 10.6 Å². The molecule has 1 saturated heterocycles. The number of halogens is 1. The third-order valence-electron chi connectivity index (χ3n) is 4.33. The van der Waals surface area contributed by atoms with Crippen molar-refractivity contribution in [3.05, 3.63) is 35.1 Å². The van der Waals surface area contributed by atoms with E-state index in [4.69, 9.17) is 4.74 Å². The van der Waals surface area contributed by atoms with Gasteiger partial charge in [-0.15, -0.1) is 0 Å². The third kappa shape index (κ3) is 6.92. The molecule has 26 heavy (non-hydrogen) atoms. The van der Waals surface area contributed by atoms with Crippen molar-refractivity contribution in [1.29, 1.82) is 0 Å². The number of guanidine groups is 1. The fraction of sp³-hybridized carbons (Fsp3) is 0.650. The maximum absolute atomic E-state index is 13.4. The maximum Gasteiger partial charge on any atom is 0.191 e. The zero-order valence-corrected chi connectivity index (χ0v) is 16.5. The van der Waals surface area contributed by atoms with Crippen molar-refractivity contribution in [3.8, 4) is 0 Å². The largest absolute Gasteiger partial charge is 0.374 e. The van der Waals surface area contributed by atoms with E-state index in [1.807, 2.05) is 13.0 Å². The Morgan fingerprint density at radius 2 is 2.19 bits per heavy atom. The number of ether oxygens (including phenoxy) is 1. The minimum absolute atomic E-state index is 0.166. The molecule has 1 unspecified atom stereocenters. The summed E-state index contributed by atoms with van der Waals surface area (Å²) in [5, 5.41) is 6.63. The smallest absolute Gasteiger partial charge is 0.191 e. The van der Waals surface area contributed by atoms with Gasteiger partial charge in [0.25, 0.3) is 0 Å². The quantitative estimate of drug-likeness (QED) is 0.577. The second-order valence-corrected chi connectivity index (χ2v) is 7.31. The zero-order chi connectivity index (χ0) is 18.9. The molecule has 146 valence electrons. The lowest BCUT2D eigenvalue weighted by Gasteiger charge is -2.34. The summed E-state index contributed by atoms with van der Waals surface area (Å²) < 4.78 is 19.3. The van der Waals surface area contributed by atoms with Gasteiger partial charge in [-0.1, -0.05) is 26.0 Å². The molecule has 1 aliphatic rings. The van der Waals surface area contributed by atoms with Crippen LogP contribution in [0, 0.1) is 18.7 Å². The van der Waals surface area contributed by atoms with Gasteiger partial charge in [-0.2, -0.15) is 0 Å². The summed E-state index contributed by atoms with van der Waals surface area (Å²) in [7, 11) is 0. The number of nitrogens with one attached hydrogen (secondary N) is 2. The lowest BCUT2D eigenvalue weighted by Crippen LogP contribution is -2.50. The van der Waals surface area contributed by atoms with E-state index in [0.717, 1.165) is 50.9 Å². The molecule has 0 amide bonds.